The predicted octanol–water partition coefficient (Wildman–Crippen LogP) is 8.01. The fourth-order valence-corrected chi connectivity index (χ4v) is 4.63. The van der Waals surface area contributed by atoms with Crippen molar-refractivity contribution in [3.63, 3.8) is 0 Å². The van der Waals surface area contributed by atoms with E-state index in [2.05, 4.69) is 52.2 Å². The number of aromatic nitrogens is 2. The van der Waals surface area contributed by atoms with Crippen molar-refractivity contribution in [2.45, 2.75) is 38.0 Å². The van der Waals surface area contributed by atoms with Crippen molar-refractivity contribution in [2.75, 3.05) is 5.32 Å². The summed E-state index contributed by atoms with van der Waals surface area (Å²) >= 11 is 0. The molecule has 1 aromatic heterocycles. The highest BCUT2D eigenvalue weighted by Gasteiger charge is 2.15. The Morgan fingerprint density at radius 3 is 2.42 bits per heavy atom. The lowest BCUT2D eigenvalue weighted by molar-refractivity contribution is 0.443. The van der Waals surface area contributed by atoms with E-state index in [9.17, 15) is 4.39 Å². The number of halogens is 1. The highest BCUT2D eigenvalue weighted by molar-refractivity contribution is 5.77. The molecule has 0 spiro atoms. The summed E-state index contributed by atoms with van der Waals surface area (Å²) in [5.41, 5.74) is 7.08. The Morgan fingerprint density at radius 2 is 1.67 bits per heavy atom. The summed E-state index contributed by atoms with van der Waals surface area (Å²) < 4.78 is 13.2. The molecule has 0 unspecified atom stereocenters. The van der Waals surface area contributed by atoms with Gasteiger partial charge in [0.25, 0.3) is 0 Å². The number of rotatable bonds is 6. The molecule has 1 heterocycles. The predicted molar refractivity (Wildman–Crippen MR) is 134 cm³/mol. The monoisotopic (exact) mass is 437 g/mol. The Morgan fingerprint density at radius 1 is 0.909 bits per heavy atom. The van der Waals surface area contributed by atoms with Crippen molar-refractivity contribution in [2.24, 2.45) is 0 Å². The molecular formula is C29H28FN3. The number of nitrogens with one attached hydrogen (secondary N) is 2. The van der Waals surface area contributed by atoms with Gasteiger partial charge in [-0.1, -0.05) is 62.2 Å². The van der Waals surface area contributed by atoms with E-state index in [1.807, 2.05) is 18.2 Å². The van der Waals surface area contributed by atoms with Gasteiger partial charge in [-0.05, 0) is 71.8 Å². The van der Waals surface area contributed by atoms with Crippen molar-refractivity contribution < 1.29 is 4.39 Å². The molecule has 4 aromatic rings. The number of aromatic amines is 1. The van der Waals surface area contributed by atoms with Gasteiger partial charge in [-0.3, -0.25) is 0 Å². The van der Waals surface area contributed by atoms with Crippen LogP contribution in [0.5, 0.6) is 0 Å². The van der Waals surface area contributed by atoms with Gasteiger partial charge in [-0.25, -0.2) is 9.37 Å². The van der Waals surface area contributed by atoms with E-state index in [0.717, 1.165) is 39.6 Å². The van der Waals surface area contributed by atoms with Crippen LogP contribution in [0.25, 0.3) is 28.3 Å². The van der Waals surface area contributed by atoms with Crippen LogP contribution < -0.4 is 5.32 Å². The van der Waals surface area contributed by atoms with Crippen LogP contribution in [0.2, 0.25) is 0 Å². The molecule has 0 saturated heterocycles. The van der Waals surface area contributed by atoms with Gasteiger partial charge in [-0.2, -0.15) is 0 Å². The van der Waals surface area contributed by atoms with E-state index in [0.29, 0.717) is 5.92 Å². The average molecular weight is 438 g/mol. The first kappa shape index (κ1) is 21.2. The Bertz CT molecular complexity index is 1230. The van der Waals surface area contributed by atoms with Crippen molar-refractivity contribution in [1.29, 1.82) is 0 Å². The highest BCUT2D eigenvalue weighted by atomic mass is 19.1. The third kappa shape index (κ3) is 4.90. The molecule has 0 bridgehead atoms. The second kappa shape index (κ2) is 9.45. The van der Waals surface area contributed by atoms with E-state index >= 15 is 0 Å². The van der Waals surface area contributed by atoms with E-state index in [4.69, 9.17) is 0 Å². The minimum absolute atomic E-state index is 0.249. The number of anilines is 1. The summed E-state index contributed by atoms with van der Waals surface area (Å²) in [6, 6.07) is 23.3. The van der Waals surface area contributed by atoms with Gasteiger partial charge in [0.05, 0.1) is 11.9 Å². The van der Waals surface area contributed by atoms with Gasteiger partial charge in [0, 0.05) is 16.9 Å². The van der Waals surface area contributed by atoms with Crippen molar-refractivity contribution >= 4 is 11.4 Å². The Hall–Kier alpha value is -3.66. The SMILES string of the molecule is C=C(Nc1cccc(-c2ncc(-c3ccc(F)cc3)[nH]2)c1)c1ccc(C2CCCCC2)cc1. The molecule has 1 aliphatic carbocycles. The van der Waals surface area contributed by atoms with Crippen LogP contribution in [-0.2, 0) is 0 Å². The molecule has 3 nitrogen and oxygen atoms in total. The minimum atomic E-state index is -0.249. The Balaban J connectivity index is 1.28. The number of hydrogen-bond acceptors (Lipinski definition) is 2. The molecule has 0 radical (unpaired) electrons. The summed E-state index contributed by atoms with van der Waals surface area (Å²) in [5, 5.41) is 3.43. The van der Waals surface area contributed by atoms with Gasteiger partial charge in [0.15, 0.2) is 0 Å². The van der Waals surface area contributed by atoms with E-state index < -0.39 is 0 Å². The number of H-pyrrole nitrogens is 1. The fraction of sp³-hybridized carbons (Fsp3) is 0.207. The third-order valence-corrected chi connectivity index (χ3v) is 6.50. The largest absolute Gasteiger partial charge is 0.356 e. The summed E-state index contributed by atoms with van der Waals surface area (Å²) in [4.78, 5) is 7.85. The van der Waals surface area contributed by atoms with Crippen LogP contribution in [0.4, 0.5) is 10.1 Å². The molecule has 3 aromatic carbocycles. The quantitative estimate of drug-likeness (QED) is 0.321. The fourth-order valence-electron chi connectivity index (χ4n) is 4.63. The zero-order valence-electron chi connectivity index (χ0n) is 18.7. The molecule has 166 valence electrons. The molecule has 0 atom stereocenters. The molecule has 0 aliphatic heterocycles. The molecule has 4 heteroatoms. The molecule has 5 rings (SSSR count). The van der Waals surface area contributed by atoms with Gasteiger partial charge in [0.1, 0.15) is 11.6 Å². The average Bonchev–Trinajstić information content (AvgIpc) is 3.36. The lowest BCUT2D eigenvalue weighted by Crippen LogP contribution is -2.04. The minimum Gasteiger partial charge on any atom is -0.356 e. The van der Waals surface area contributed by atoms with Crippen LogP contribution >= 0.6 is 0 Å². The van der Waals surface area contributed by atoms with Crippen molar-refractivity contribution in [3.8, 4) is 22.6 Å². The van der Waals surface area contributed by atoms with Crippen molar-refractivity contribution in [3.05, 3.63) is 103 Å². The van der Waals surface area contributed by atoms with Gasteiger partial charge in [0.2, 0.25) is 0 Å². The first-order chi connectivity index (χ1) is 16.2. The molecule has 0 amide bonds. The summed E-state index contributed by atoms with van der Waals surface area (Å²) in [6.07, 6.45) is 8.45. The standard InChI is InChI=1S/C29H28FN3/c1-20(21-10-12-23(13-11-21)22-6-3-2-4-7-22)32-27-9-5-8-25(18-27)29-31-19-28(33-29)24-14-16-26(30)17-15-24/h5,8-19,22,32H,1-4,6-7H2,(H,31,33). The second-order valence-electron chi connectivity index (χ2n) is 8.79. The molecule has 1 saturated carbocycles. The summed E-state index contributed by atoms with van der Waals surface area (Å²) in [6.45, 7) is 4.25. The van der Waals surface area contributed by atoms with Crippen molar-refractivity contribution in [1.82, 2.24) is 9.97 Å². The van der Waals surface area contributed by atoms with Gasteiger partial charge >= 0.3 is 0 Å². The first-order valence-electron chi connectivity index (χ1n) is 11.6. The summed E-state index contributed by atoms with van der Waals surface area (Å²) in [7, 11) is 0. The van der Waals surface area contributed by atoms with Crippen LogP contribution in [-0.4, -0.2) is 9.97 Å². The normalized spacial score (nSPS) is 14.2. The molecule has 33 heavy (non-hydrogen) atoms. The lowest BCUT2D eigenvalue weighted by atomic mass is 9.84. The smallest absolute Gasteiger partial charge is 0.137 e. The number of nitrogens with zero attached hydrogens (tertiary/aromatic N) is 1. The zero-order valence-corrected chi connectivity index (χ0v) is 18.7. The molecule has 2 N–H and O–H groups in total. The number of imidazole rings is 1. The maximum atomic E-state index is 13.2. The molecular weight excluding hydrogens is 409 g/mol. The molecule has 1 aliphatic rings. The van der Waals surface area contributed by atoms with Crippen LogP contribution in [0.15, 0.2) is 85.6 Å². The van der Waals surface area contributed by atoms with Crippen LogP contribution in [0, 0.1) is 5.82 Å². The Kier molecular flexibility index (Phi) is 6.07. The first-order valence-corrected chi connectivity index (χ1v) is 11.6. The van der Waals surface area contributed by atoms with Crippen LogP contribution in [0.3, 0.4) is 0 Å². The highest BCUT2D eigenvalue weighted by Crippen LogP contribution is 2.33. The lowest BCUT2D eigenvalue weighted by Gasteiger charge is -2.22. The van der Waals surface area contributed by atoms with E-state index in [1.54, 1.807) is 18.3 Å². The summed E-state index contributed by atoms with van der Waals surface area (Å²) in [5.74, 6) is 1.22. The Labute approximate surface area is 194 Å². The van der Waals surface area contributed by atoms with Gasteiger partial charge < -0.3 is 10.3 Å². The van der Waals surface area contributed by atoms with E-state index in [-0.39, 0.29) is 5.82 Å². The van der Waals surface area contributed by atoms with E-state index in [1.165, 1.54) is 49.8 Å². The maximum Gasteiger partial charge on any atom is 0.137 e. The maximum absolute atomic E-state index is 13.2. The number of benzene rings is 3. The zero-order chi connectivity index (χ0) is 22.6. The molecule has 1 fully saturated rings. The third-order valence-electron chi connectivity index (χ3n) is 6.50. The number of hydrogen-bond donors (Lipinski definition) is 2. The topological polar surface area (TPSA) is 40.7 Å². The second-order valence-corrected chi connectivity index (χ2v) is 8.79. The van der Waals surface area contributed by atoms with Crippen LogP contribution in [0.1, 0.15) is 49.1 Å². The van der Waals surface area contributed by atoms with Gasteiger partial charge in [-0.15, -0.1) is 0 Å².